The zero-order valence-electron chi connectivity index (χ0n) is 11.8. The molecule has 1 saturated heterocycles. The number of piperazine rings is 1. The first-order valence-electron chi connectivity index (χ1n) is 7.38. The van der Waals surface area contributed by atoms with Gasteiger partial charge in [-0.15, -0.1) is 0 Å². The lowest BCUT2D eigenvalue weighted by Crippen LogP contribution is -2.42. The minimum Gasteiger partial charge on any atom is -0.482 e. The molecule has 2 aliphatic heterocycles. The number of hydrogen-bond donors (Lipinski definition) is 1. The van der Waals surface area contributed by atoms with Crippen LogP contribution in [0, 0.1) is 0 Å². The van der Waals surface area contributed by atoms with E-state index in [-0.39, 0.29) is 6.10 Å². The molecule has 4 rings (SSSR count). The van der Waals surface area contributed by atoms with E-state index in [4.69, 9.17) is 9.26 Å². The third-order valence-corrected chi connectivity index (χ3v) is 3.99. The van der Waals surface area contributed by atoms with Gasteiger partial charge in [-0.05, 0) is 11.6 Å². The van der Waals surface area contributed by atoms with Crippen LogP contribution in [0.5, 0.6) is 5.75 Å². The fourth-order valence-corrected chi connectivity index (χ4v) is 2.85. The molecule has 6 nitrogen and oxygen atoms in total. The summed E-state index contributed by atoms with van der Waals surface area (Å²) in [5, 5.41) is 7.43. The second-order valence-corrected chi connectivity index (χ2v) is 5.49. The quantitative estimate of drug-likeness (QED) is 0.913. The fraction of sp³-hybridized carbons (Fsp3) is 0.467. The number of aromatic nitrogens is 2. The summed E-state index contributed by atoms with van der Waals surface area (Å²) in [6.45, 7) is 4.78. The number of benzene rings is 1. The van der Waals surface area contributed by atoms with Crippen molar-refractivity contribution < 1.29 is 9.26 Å². The Hall–Kier alpha value is -1.92. The Kier molecular flexibility index (Phi) is 3.33. The highest BCUT2D eigenvalue weighted by atomic mass is 16.5. The van der Waals surface area contributed by atoms with Crippen molar-refractivity contribution in [1.82, 2.24) is 20.4 Å². The van der Waals surface area contributed by atoms with E-state index in [9.17, 15) is 0 Å². The van der Waals surface area contributed by atoms with Crippen LogP contribution in [0.2, 0.25) is 0 Å². The van der Waals surface area contributed by atoms with Crippen LogP contribution >= 0.6 is 0 Å². The Labute approximate surface area is 123 Å². The predicted molar refractivity (Wildman–Crippen MR) is 76.0 cm³/mol. The molecule has 1 unspecified atom stereocenters. The molecule has 0 aliphatic carbocycles. The van der Waals surface area contributed by atoms with Crippen molar-refractivity contribution in [3.63, 3.8) is 0 Å². The van der Waals surface area contributed by atoms with Crippen LogP contribution in [0.4, 0.5) is 0 Å². The SMILES string of the molecule is c1ccc2c(c1)CC(c1noc(CN3CCNCC3)n1)O2. The molecule has 1 atom stereocenters. The van der Waals surface area contributed by atoms with Crippen LogP contribution < -0.4 is 10.1 Å². The zero-order valence-corrected chi connectivity index (χ0v) is 11.8. The number of nitrogens with zero attached hydrogens (tertiary/aromatic N) is 3. The molecule has 0 saturated carbocycles. The highest BCUT2D eigenvalue weighted by molar-refractivity contribution is 5.37. The van der Waals surface area contributed by atoms with E-state index in [1.54, 1.807) is 0 Å². The third kappa shape index (κ3) is 2.64. The molecule has 0 radical (unpaired) electrons. The van der Waals surface area contributed by atoms with Gasteiger partial charge in [-0.25, -0.2) is 0 Å². The van der Waals surface area contributed by atoms with Crippen LogP contribution in [0.15, 0.2) is 28.8 Å². The number of ether oxygens (including phenoxy) is 1. The first-order chi connectivity index (χ1) is 10.4. The number of nitrogens with one attached hydrogen (secondary N) is 1. The molecular weight excluding hydrogens is 268 g/mol. The molecule has 1 N–H and O–H groups in total. The van der Waals surface area contributed by atoms with Crippen LogP contribution in [0.25, 0.3) is 0 Å². The van der Waals surface area contributed by atoms with Gasteiger partial charge in [0.2, 0.25) is 11.7 Å². The minimum atomic E-state index is -0.122. The Morgan fingerprint density at radius 1 is 1.24 bits per heavy atom. The van der Waals surface area contributed by atoms with Crippen LogP contribution in [0.1, 0.15) is 23.4 Å². The van der Waals surface area contributed by atoms with Crippen molar-refractivity contribution in [1.29, 1.82) is 0 Å². The van der Waals surface area contributed by atoms with Crippen molar-refractivity contribution in [2.45, 2.75) is 19.1 Å². The van der Waals surface area contributed by atoms with Crippen molar-refractivity contribution in [2.24, 2.45) is 0 Å². The van der Waals surface area contributed by atoms with E-state index in [1.165, 1.54) is 5.56 Å². The van der Waals surface area contributed by atoms with Crippen molar-refractivity contribution >= 4 is 0 Å². The monoisotopic (exact) mass is 286 g/mol. The van der Waals surface area contributed by atoms with E-state index < -0.39 is 0 Å². The standard InChI is InChI=1S/C15H18N4O2/c1-2-4-12-11(3-1)9-13(20-12)15-17-14(21-18-15)10-19-7-5-16-6-8-19/h1-4,13,16H,5-10H2. The lowest BCUT2D eigenvalue weighted by molar-refractivity contribution is 0.201. The molecule has 0 bridgehead atoms. The lowest BCUT2D eigenvalue weighted by atomic mass is 10.1. The Balaban J connectivity index is 1.43. The summed E-state index contributed by atoms with van der Waals surface area (Å²) in [4.78, 5) is 6.82. The molecule has 21 heavy (non-hydrogen) atoms. The topological polar surface area (TPSA) is 63.4 Å². The predicted octanol–water partition coefficient (Wildman–Crippen LogP) is 1.15. The van der Waals surface area contributed by atoms with Crippen LogP contribution in [-0.4, -0.2) is 41.2 Å². The van der Waals surface area contributed by atoms with Gasteiger partial charge in [0, 0.05) is 32.6 Å². The van der Waals surface area contributed by atoms with E-state index >= 15 is 0 Å². The molecule has 6 heteroatoms. The number of rotatable bonds is 3. The van der Waals surface area contributed by atoms with E-state index in [0.717, 1.165) is 38.3 Å². The second kappa shape index (κ2) is 5.46. The second-order valence-electron chi connectivity index (χ2n) is 5.49. The largest absolute Gasteiger partial charge is 0.482 e. The Morgan fingerprint density at radius 3 is 2.95 bits per heavy atom. The smallest absolute Gasteiger partial charge is 0.240 e. The summed E-state index contributed by atoms with van der Waals surface area (Å²) in [7, 11) is 0. The summed E-state index contributed by atoms with van der Waals surface area (Å²) in [5.41, 5.74) is 1.20. The van der Waals surface area contributed by atoms with E-state index in [0.29, 0.717) is 18.3 Å². The van der Waals surface area contributed by atoms with Gasteiger partial charge in [-0.3, -0.25) is 4.90 Å². The van der Waals surface area contributed by atoms with Gasteiger partial charge in [-0.2, -0.15) is 4.98 Å². The first kappa shape index (κ1) is 12.8. The van der Waals surface area contributed by atoms with Crippen LogP contribution in [-0.2, 0) is 13.0 Å². The van der Waals surface area contributed by atoms with Crippen molar-refractivity contribution in [3.8, 4) is 5.75 Å². The average Bonchev–Trinajstić information content (AvgIpc) is 3.14. The van der Waals surface area contributed by atoms with Gasteiger partial charge in [0.15, 0.2) is 6.10 Å². The Bertz CT molecular complexity index is 597. The lowest BCUT2D eigenvalue weighted by Gasteiger charge is -2.25. The van der Waals surface area contributed by atoms with Gasteiger partial charge in [0.05, 0.1) is 6.54 Å². The molecule has 110 valence electrons. The molecule has 0 amide bonds. The van der Waals surface area contributed by atoms with E-state index in [2.05, 4.69) is 26.4 Å². The molecular formula is C15H18N4O2. The van der Waals surface area contributed by atoms with Crippen molar-refractivity contribution in [3.05, 3.63) is 41.5 Å². The summed E-state index contributed by atoms with van der Waals surface area (Å²) >= 11 is 0. The summed E-state index contributed by atoms with van der Waals surface area (Å²) in [5.74, 6) is 2.25. The van der Waals surface area contributed by atoms with Gasteiger partial charge in [0.25, 0.3) is 0 Å². The highest BCUT2D eigenvalue weighted by Crippen LogP contribution is 2.35. The first-order valence-corrected chi connectivity index (χ1v) is 7.38. The van der Waals surface area contributed by atoms with E-state index in [1.807, 2.05) is 18.2 Å². The highest BCUT2D eigenvalue weighted by Gasteiger charge is 2.28. The van der Waals surface area contributed by atoms with Gasteiger partial charge in [-0.1, -0.05) is 23.4 Å². The Morgan fingerprint density at radius 2 is 2.10 bits per heavy atom. The average molecular weight is 286 g/mol. The maximum atomic E-state index is 5.89. The minimum absolute atomic E-state index is 0.122. The molecule has 1 aromatic heterocycles. The maximum absolute atomic E-state index is 5.89. The van der Waals surface area contributed by atoms with Crippen LogP contribution in [0.3, 0.4) is 0 Å². The molecule has 1 fully saturated rings. The molecule has 0 spiro atoms. The molecule has 2 aromatic rings. The number of hydrogen-bond acceptors (Lipinski definition) is 6. The van der Waals surface area contributed by atoms with Gasteiger partial charge in [0.1, 0.15) is 5.75 Å². The number of para-hydroxylation sites is 1. The van der Waals surface area contributed by atoms with Gasteiger partial charge < -0.3 is 14.6 Å². The van der Waals surface area contributed by atoms with Crippen molar-refractivity contribution in [2.75, 3.05) is 26.2 Å². The summed E-state index contributed by atoms with van der Waals surface area (Å²) in [6, 6.07) is 8.07. The zero-order chi connectivity index (χ0) is 14.1. The molecule has 1 aromatic carbocycles. The fourth-order valence-electron chi connectivity index (χ4n) is 2.85. The van der Waals surface area contributed by atoms with Gasteiger partial charge >= 0.3 is 0 Å². The molecule has 2 aliphatic rings. The maximum Gasteiger partial charge on any atom is 0.240 e. The summed E-state index contributed by atoms with van der Waals surface area (Å²) in [6.07, 6.45) is 0.686. The normalized spacial score (nSPS) is 22.0. The molecule has 3 heterocycles. The summed E-state index contributed by atoms with van der Waals surface area (Å²) < 4.78 is 11.3. The number of fused-ring (bicyclic) bond motifs is 1. The third-order valence-electron chi connectivity index (χ3n) is 3.99.